The Balaban J connectivity index is 0.701. The lowest BCUT2D eigenvalue weighted by atomic mass is 10.1. The van der Waals surface area contributed by atoms with Crippen LogP contribution in [0.4, 0.5) is 11.9 Å². The van der Waals surface area contributed by atoms with E-state index < -0.39 is 75.6 Å². The maximum atomic E-state index is 13.4. The van der Waals surface area contributed by atoms with Gasteiger partial charge in [-0.25, -0.2) is 14.5 Å². The molecule has 4 saturated heterocycles. The number of halogens is 2. The van der Waals surface area contributed by atoms with E-state index in [4.69, 9.17) is 43.8 Å². The molecule has 372 valence electrons. The Bertz CT molecular complexity index is 2810. The van der Waals surface area contributed by atoms with Gasteiger partial charge in [0, 0.05) is 52.2 Å². The largest absolute Gasteiger partial charge is 0.472 e. The minimum Gasteiger partial charge on any atom is -0.386 e. The number of ether oxygens (including phenoxy) is 3. The Labute approximate surface area is 399 Å². The van der Waals surface area contributed by atoms with E-state index in [1.807, 2.05) is 0 Å². The van der Waals surface area contributed by atoms with Gasteiger partial charge >= 0.3 is 15.4 Å². The van der Waals surface area contributed by atoms with E-state index in [2.05, 4.69) is 62.4 Å². The Morgan fingerprint density at radius 2 is 1.21 bits per heavy atom. The van der Waals surface area contributed by atoms with Gasteiger partial charge in [0.15, 0.2) is 44.3 Å². The number of aromatic nitrogens is 8. The number of carbonyl (C=O) groups excluding carboxylic acids is 3. The van der Waals surface area contributed by atoms with Gasteiger partial charge in [0.05, 0.1) is 13.2 Å². The van der Waals surface area contributed by atoms with Crippen molar-refractivity contribution in [1.29, 1.82) is 0 Å². The van der Waals surface area contributed by atoms with Crippen LogP contribution in [0, 0.1) is 0 Å². The van der Waals surface area contributed by atoms with E-state index in [0.29, 0.717) is 39.1 Å². The Kier molecular flexibility index (Phi) is 15.3. The molecule has 0 spiro atoms. The SMILES string of the molecule is Nc1nc2c(nc(Br)n2[C@@H]2OC3COP(=O)(O)O[C@H]3[C@@H]2O)c(=O)n1CCCC(=O)NCCCOCCCNC(=O)CCCn1c(N)nc2c(nc(Br)n2[C@@H]2OC3COP(=O)(C=O)O[C@H]3[C@@H]2O)c1=O. The third-order valence-electron chi connectivity index (χ3n) is 11.3. The number of fused-ring (bicyclic) bond motifs is 4. The number of imidazole rings is 2. The highest BCUT2D eigenvalue weighted by atomic mass is 79.9. The molecule has 10 atom stereocenters. The van der Waals surface area contributed by atoms with Crippen LogP contribution in [-0.4, -0.2) is 147 Å². The van der Waals surface area contributed by atoms with E-state index in [-0.39, 0.29) is 114 Å². The summed E-state index contributed by atoms with van der Waals surface area (Å²) < 4.78 is 66.6. The van der Waals surface area contributed by atoms with Gasteiger partial charge in [-0.05, 0) is 57.5 Å². The van der Waals surface area contributed by atoms with Gasteiger partial charge in [0.1, 0.15) is 36.6 Å². The molecule has 0 saturated carbocycles. The van der Waals surface area contributed by atoms with Gasteiger partial charge in [0.2, 0.25) is 29.7 Å². The third-order valence-corrected chi connectivity index (χ3v) is 14.7. The van der Waals surface area contributed by atoms with Crippen molar-refractivity contribution >= 4 is 99.3 Å². The standard InChI is InChI=1S/C35H46Br2N12O17P2/c36-32-42-20-26(48(32)30-22(53)24-16(63-30)13-61-67(57,15-50)65-24)44-34(38)46(28(20)55)9-1-5-18(51)40-7-3-11-60-12-4-8-41-19(52)6-2-10-47-29(56)21-27(45-35(47)39)49(33(37)43-21)31-23(54)25-17(64-31)14-62-68(58,59)66-25/h15-17,22-25,30-31,53-54H,1-14H2,(H2,38,44)(H2,39,45)(H,40,51)(H,41,52)(H,58,59)/t16?,17?,22-,23-,24+,25+,30+,31+,67?/m0/s1. The van der Waals surface area contributed by atoms with E-state index >= 15 is 0 Å². The predicted molar refractivity (Wildman–Crippen MR) is 238 cm³/mol. The van der Waals surface area contributed by atoms with Crippen LogP contribution >= 0.6 is 47.3 Å². The van der Waals surface area contributed by atoms with Crippen molar-refractivity contribution in [3.8, 4) is 0 Å². The lowest BCUT2D eigenvalue weighted by Gasteiger charge is -2.28. The van der Waals surface area contributed by atoms with E-state index in [1.54, 1.807) is 0 Å². The summed E-state index contributed by atoms with van der Waals surface area (Å²) >= 11 is 6.53. The van der Waals surface area contributed by atoms with Crippen LogP contribution in [0.25, 0.3) is 22.3 Å². The molecule has 4 aromatic rings. The highest BCUT2D eigenvalue weighted by Crippen LogP contribution is 2.54. The number of aliphatic hydroxyl groups is 2. The molecule has 9 N–H and O–H groups in total. The van der Waals surface area contributed by atoms with Crippen molar-refractivity contribution in [3.63, 3.8) is 0 Å². The van der Waals surface area contributed by atoms with Crippen molar-refractivity contribution < 1.29 is 70.9 Å². The van der Waals surface area contributed by atoms with Crippen molar-refractivity contribution in [2.45, 2.75) is 101 Å². The lowest BCUT2D eigenvalue weighted by molar-refractivity contribution is -0.122. The van der Waals surface area contributed by atoms with Crippen molar-refractivity contribution in [2.75, 3.05) is 51.0 Å². The molecule has 4 aromatic heterocycles. The second kappa shape index (κ2) is 20.7. The smallest absolute Gasteiger partial charge is 0.386 e. The molecule has 4 aliphatic heterocycles. The first kappa shape index (κ1) is 50.3. The van der Waals surface area contributed by atoms with Crippen molar-refractivity contribution in [3.05, 3.63) is 30.2 Å². The maximum absolute atomic E-state index is 13.4. The first-order chi connectivity index (χ1) is 32.4. The lowest BCUT2D eigenvalue weighted by Crippen LogP contribution is -2.39. The first-order valence-corrected chi connectivity index (χ1v) is 25.8. The summed E-state index contributed by atoms with van der Waals surface area (Å²) in [6.45, 7) is 0.917. The van der Waals surface area contributed by atoms with Crippen LogP contribution in [-0.2, 0) is 68.9 Å². The summed E-state index contributed by atoms with van der Waals surface area (Å²) in [6, 6.07) is 0.0512. The molecule has 0 radical (unpaired) electrons. The molecule has 4 aliphatic rings. The molecule has 0 bridgehead atoms. The number of phosphoric acid groups is 1. The van der Waals surface area contributed by atoms with Crippen LogP contribution in [0.15, 0.2) is 19.1 Å². The zero-order valence-electron chi connectivity index (χ0n) is 35.5. The first-order valence-electron chi connectivity index (χ1n) is 21.1. The number of hydrogen-bond donors (Lipinski definition) is 7. The minimum absolute atomic E-state index is 0.00819. The second-order valence-electron chi connectivity index (χ2n) is 15.9. The Morgan fingerprint density at radius 1 is 0.750 bits per heavy atom. The van der Waals surface area contributed by atoms with Crippen LogP contribution in [0.1, 0.15) is 51.0 Å². The summed E-state index contributed by atoms with van der Waals surface area (Å²) in [5, 5.41) is 27.4. The number of nitrogens with zero attached hydrogens (tertiary/aromatic N) is 8. The number of amides is 2. The Hall–Kier alpha value is -4.07. The van der Waals surface area contributed by atoms with E-state index in [1.165, 1.54) is 18.3 Å². The van der Waals surface area contributed by atoms with E-state index in [9.17, 15) is 48.2 Å². The summed E-state index contributed by atoms with van der Waals surface area (Å²) in [4.78, 5) is 89.8. The van der Waals surface area contributed by atoms with Gasteiger partial charge in [-0.3, -0.25) is 60.4 Å². The molecule has 4 unspecified atom stereocenters. The summed E-state index contributed by atoms with van der Waals surface area (Å²) in [7, 11) is -8.43. The van der Waals surface area contributed by atoms with Gasteiger partial charge in [-0.1, -0.05) is 0 Å². The van der Waals surface area contributed by atoms with Crippen LogP contribution in [0.3, 0.4) is 0 Å². The van der Waals surface area contributed by atoms with Gasteiger partial charge in [-0.15, -0.1) is 0 Å². The van der Waals surface area contributed by atoms with Crippen LogP contribution < -0.4 is 33.2 Å². The monoisotopic (exact) mass is 1130 g/mol. The zero-order chi connectivity index (χ0) is 48.7. The quantitative estimate of drug-likeness (QED) is 0.0264. The highest BCUT2D eigenvalue weighted by Gasteiger charge is 2.54. The zero-order valence-corrected chi connectivity index (χ0v) is 40.5. The molecule has 8 heterocycles. The number of nitrogens with one attached hydrogen (secondary N) is 2. The molecular weight excluding hydrogens is 1080 g/mol. The van der Waals surface area contributed by atoms with Gasteiger partial charge < -0.3 is 55.9 Å². The summed E-state index contributed by atoms with van der Waals surface area (Å²) in [5.74, 6) is -0.851. The van der Waals surface area contributed by atoms with Gasteiger partial charge in [0.25, 0.3) is 11.1 Å². The normalized spacial score (nSPS) is 29.0. The molecule has 4 fully saturated rings. The number of rotatable bonds is 19. The second-order valence-corrected chi connectivity index (χ2v) is 20.5. The maximum Gasteiger partial charge on any atom is 0.472 e. The number of carbonyl (C=O) groups is 3. The number of aliphatic hydroxyl groups excluding tert-OH is 2. The highest BCUT2D eigenvalue weighted by molar-refractivity contribution is 9.10. The molecule has 2 amide bonds. The molecule has 33 heteroatoms. The summed E-state index contributed by atoms with van der Waals surface area (Å²) in [5.41, 5.74) is 10.9. The average Bonchev–Trinajstić information content (AvgIpc) is 4.00. The molecule has 0 aromatic carbocycles. The Morgan fingerprint density at radius 3 is 1.68 bits per heavy atom. The fraction of sp³-hybridized carbons (Fsp3) is 0.629. The van der Waals surface area contributed by atoms with Crippen LogP contribution in [0.2, 0.25) is 0 Å². The van der Waals surface area contributed by atoms with Crippen molar-refractivity contribution in [1.82, 2.24) is 48.8 Å². The summed E-state index contributed by atoms with van der Waals surface area (Å²) in [6.07, 6.45) is -7.69. The third kappa shape index (κ3) is 10.4. The molecule has 8 rings (SSSR count). The number of phosphoric ester groups is 1. The van der Waals surface area contributed by atoms with E-state index in [0.717, 1.165) is 0 Å². The van der Waals surface area contributed by atoms with Crippen molar-refractivity contribution in [2.24, 2.45) is 0 Å². The topological polar surface area (TPSA) is 392 Å². The predicted octanol–water partition coefficient (Wildman–Crippen LogP) is -0.690. The molecule has 0 aliphatic carbocycles. The molecular formula is C35H46Br2N12O17P2. The van der Waals surface area contributed by atoms with Gasteiger partial charge in [-0.2, -0.15) is 9.97 Å². The number of nitrogen functional groups attached to an aromatic ring is 2. The molecule has 68 heavy (non-hydrogen) atoms. The average molecular weight is 1130 g/mol. The molecule has 29 nitrogen and oxygen atoms in total. The van der Waals surface area contributed by atoms with Crippen LogP contribution in [0.5, 0.6) is 0 Å². The fourth-order valence-electron chi connectivity index (χ4n) is 8.04. The fourth-order valence-corrected chi connectivity index (χ4v) is 11.2. The number of hydrogen-bond acceptors (Lipinski definition) is 22. The number of nitrogens with two attached hydrogens (primary N) is 2. The minimum atomic E-state index is -4.37. The number of anilines is 2.